The molecule has 0 aromatic carbocycles. The molecule has 7 heteroatoms. The highest BCUT2D eigenvalue weighted by Crippen LogP contribution is 2.14. The maximum Gasteiger partial charge on any atom is 0.213 e. The lowest BCUT2D eigenvalue weighted by Crippen LogP contribution is -2.45. The lowest BCUT2D eigenvalue weighted by Gasteiger charge is -2.31. The number of hydrogen-bond acceptors (Lipinski definition) is 5. The van der Waals surface area contributed by atoms with Crippen LogP contribution in [0.2, 0.25) is 0 Å². The SMILES string of the molecule is CCS(=O)(=O)N1CCC(NCc2cnccn2)CC1. The van der Waals surface area contributed by atoms with Crippen LogP contribution in [0.3, 0.4) is 0 Å². The summed E-state index contributed by atoms with van der Waals surface area (Å²) in [5, 5.41) is 3.40. The monoisotopic (exact) mass is 284 g/mol. The maximum atomic E-state index is 11.7. The minimum atomic E-state index is -3.03. The van der Waals surface area contributed by atoms with Gasteiger partial charge in [0.1, 0.15) is 0 Å². The molecule has 0 aliphatic carbocycles. The zero-order chi connectivity index (χ0) is 13.7. The normalized spacial score (nSPS) is 18.6. The van der Waals surface area contributed by atoms with Crippen LogP contribution in [0, 0.1) is 0 Å². The molecule has 6 nitrogen and oxygen atoms in total. The van der Waals surface area contributed by atoms with E-state index in [-0.39, 0.29) is 5.75 Å². The van der Waals surface area contributed by atoms with Crippen LogP contribution in [-0.4, -0.2) is 47.6 Å². The highest BCUT2D eigenvalue weighted by atomic mass is 32.2. The third kappa shape index (κ3) is 3.95. The van der Waals surface area contributed by atoms with Crippen molar-refractivity contribution in [1.82, 2.24) is 19.6 Å². The number of sulfonamides is 1. The van der Waals surface area contributed by atoms with Crippen molar-refractivity contribution in [3.05, 3.63) is 24.3 Å². The average Bonchev–Trinajstić information content (AvgIpc) is 2.47. The average molecular weight is 284 g/mol. The van der Waals surface area contributed by atoms with Gasteiger partial charge in [0.15, 0.2) is 0 Å². The first-order valence-corrected chi connectivity index (χ1v) is 8.19. The molecular formula is C12H20N4O2S. The van der Waals surface area contributed by atoms with Crippen LogP contribution in [0.15, 0.2) is 18.6 Å². The van der Waals surface area contributed by atoms with Gasteiger partial charge < -0.3 is 5.32 Å². The summed E-state index contributed by atoms with van der Waals surface area (Å²) in [6.45, 7) is 3.58. The van der Waals surface area contributed by atoms with Gasteiger partial charge in [-0.05, 0) is 19.8 Å². The molecular weight excluding hydrogens is 264 g/mol. The Morgan fingerprint density at radius 3 is 2.68 bits per heavy atom. The summed E-state index contributed by atoms with van der Waals surface area (Å²) in [6, 6.07) is 0.352. The van der Waals surface area contributed by atoms with Crippen LogP contribution in [0.1, 0.15) is 25.5 Å². The summed E-state index contributed by atoms with van der Waals surface area (Å²) in [5.41, 5.74) is 0.908. The summed E-state index contributed by atoms with van der Waals surface area (Å²) in [5.74, 6) is 0.185. The summed E-state index contributed by atoms with van der Waals surface area (Å²) in [6.07, 6.45) is 6.76. The Labute approximate surface area is 114 Å². The molecule has 19 heavy (non-hydrogen) atoms. The van der Waals surface area contributed by atoms with Gasteiger partial charge in [-0.1, -0.05) is 0 Å². The van der Waals surface area contributed by atoms with Gasteiger partial charge in [0.2, 0.25) is 10.0 Å². The molecule has 1 aliphatic heterocycles. The van der Waals surface area contributed by atoms with Gasteiger partial charge in [0.05, 0.1) is 11.4 Å². The Bertz CT molecular complexity index is 484. The second-order valence-electron chi connectivity index (χ2n) is 4.65. The predicted octanol–water partition coefficient (Wildman–Crippen LogP) is 0.380. The van der Waals surface area contributed by atoms with Crippen LogP contribution in [0.25, 0.3) is 0 Å². The Morgan fingerprint density at radius 2 is 2.11 bits per heavy atom. The van der Waals surface area contributed by atoms with Crippen molar-refractivity contribution in [1.29, 1.82) is 0 Å². The van der Waals surface area contributed by atoms with Gasteiger partial charge in [0, 0.05) is 44.3 Å². The summed E-state index contributed by atoms with van der Waals surface area (Å²) in [4.78, 5) is 8.21. The first-order valence-electron chi connectivity index (χ1n) is 6.58. The van der Waals surface area contributed by atoms with Gasteiger partial charge >= 0.3 is 0 Å². The lowest BCUT2D eigenvalue weighted by atomic mass is 10.1. The lowest BCUT2D eigenvalue weighted by molar-refractivity contribution is 0.288. The van der Waals surface area contributed by atoms with E-state index in [1.165, 1.54) is 0 Å². The van der Waals surface area contributed by atoms with Crippen LogP contribution in [0.5, 0.6) is 0 Å². The van der Waals surface area contributed by atoms with E-state index in [2.05, 4.69) is 15.3 Å². The van der Waals surface area contributed by atoms with Crippen LogP contribution >= 0.6 is 0 Å². The second kappa shape index (κ2) is 6.40. The van der Waals surface area contributed by atoms with Crippen molar-refractivity contribution < 1.29 is 8.42 Å². The van der Waals surface area contributed by atoms with Crippen molar-refractivity contribution >= 4 is 10.0 Å². The number of nitrogens with one attached hydrogen (secondary N) is 1. The minimum absolute atomic E-state index is 0.185. The van der Waals surface area contributed by atoms with Gasteiger partial charge in [0.25, 0.3) is 0 Å². The summed E-state index contributed by atoms with van der Waals surface area (Å²) < 4.78 is 25.0. The highest BCUT2D eigenvalue weighted by Gasteiger charge is 2.26. The largest absolute Gasteiger partial charge is 0.308 e. The number of nitrogens with zero attached hydrogens (tertiary/aromatic N) is 3. The number of rotatable bonds is 5. The molecule has 2 rings (SSSR count). The molecule has 0 amide bonds. The van der Waals surface area contributed by atoms with E-state index in [1.54, 1.807) is 29.8 Å². The van der Waals surface area contributed by atoms with E-state index < -0.39 is 10.0 Å². The molecule has 0 unspecified atom stereocenters. The highest BCUT2D eigenvalue weighted by molar-refractivity contribution is 7.89. The van der Waals surface area contributed by atoms with Crippen molar-refractivity contribution in [2.45, 2.75) is 32.4 Å². The first kappa shape index (κ1) is 14.4. The van der Waals surface area contributed by atoms with E-state index in [1.807, 2.05) is 0 Å². The molecule has 1 fully saturated rings. The number of aromatic nitrogens is 2. The van der Waals surface area contributed by atoms with E-state index >= 15 is 0 Å². The van der Waals surface area contributed by atoms with Crippen molar-refractivity contribution in [3.63, 3.8) is 0 Å². The van der Waals surface area contributed by atoms with Crippen LogP contribution < -0.4 is 5.32 Å². The fraction of sp³-hybridized carbons (Fsp3) is 0.667. The van der Waals surface area contributed by atoms with Gasteiger partial charge in [-0.2, -0.15) is 0 Å². The van der Waals surface area contributed by atoms with E-state index in [0.717, 1.165) is 18.5 Å². The van der Waals surface area contributed by atoms with Crippen LogP contribution in [-0.2, 0) is 16.6 Å². The maximum absolute atomic E-state index is 11.7. The number of piperidine rings is 1. The second-order valence-corrected chi connectivity index (χ2v) is 6.91. The van der Waals surface area contributed by atoms with E-state index in [0.29, 0.717) is 25.7 Å². The van der Waals surface area contributed by atoms with Crippen molar-refractivity contribution in [2.24, 2.45) is 0 Å². The van der Waals surface area contributed by atoms with Crippen molar-refractivity contribution in [2.75, 3.05) is 18.8 Å². The van der Waals surface area contributed by atoms with Crippen molar-refractivity contribution in [3.8, 4) is 0 Å². The molecule has 0 bridgehead atoms. The molecule has 1 aromatic rings. The molecule has 1 aliphatic rings. The Balaban J connectivity index is 1.78. The Kier molecular flexibility index (Phi) is 4.84. The molecule has 1 N–H and O–H groups in total. The van der Waals surface area contributed by atoms with Gasteiger partial charge in [-0.15, -0.1) is 0 Å². The molecule has 0 saturated carbocycles. The summed E-state index contributed by atoms with van der Waals surface area (Å²) in [7, 11) is -3.03. The first-order chi connectivity index (χ1) is 9.12. The fourth-order valence-electron chi connectivity index (χ4n) is 2.19. The minimum Gasteiger partial charge on any atom is -0.308 e. The Morgan fingerprint density at radius 1 is 1.37 bits per heavy atom. The predicted molar refractivity (Wildman–Crippen MR) is 72.9 cm³/mol. The molecule has 106 valence electrons. The molecule has 1 saturated heterocycles. The topological polar surface area (TPSA) is 75.2 Å². The summed E-state index contributed by atoms with van der Waals surface area (Å²) >= 11 is 0. The number of hydrogen-bond donors (Lipinski definition) is 1. The standard InChI is InChI=1S/C12H20N4O2S/c1-2-19(17,18)16-7-3-11(4-8-16)15-10-12-9-13-5-6-14-12/h5-6,9,11,15H,2-4,7-8,10H2,1H3. The molecule has 0 radical (unpaired) electrons. The third-order valence-corrected chi connectivity index (χ3v) is 5.28. The molecule has 0 spiro atoms. The molecule has 0 atom stereocenters. The zero-order valence-electron chi connectivity index (χ0n) is 11.1. The van der Waals surface area contributed by atoms with Gasteiger partial charge in [-0.3, -0.25) is 9.97 Å². The Hall–Kier alpha value is -1.05. The van der Waals surface area contributed by atoms with Crippen LogP contribution in [0.4, 0.5) is 0 Å². The molecule has 2 heterocycles. The van der Waals surface area contributed by atoms with E-state index in [4.69, 9.17) is 0 Å². The van der Waals surface area contributed by atoms with Gasteiger partial charge in [-0.25, -0.2) is 12.7 Å². The quantitative estimate of drug-likeness (QED) is 0.846. The fourth-order valence-corrected chi connectivity index (χ4v) is 3.32. The third-order valence-electron chi connectivity index (χ3n) is 3.40. The zero-order valence-corrected chi connectivity index (χ0v) is 11.9. The smallest absolute Gasteiger partial charge is 0.213 e. The van der Waals surface area contributed by atoms with E-state index in [9.17, 15) is 8.42 Å². The molecule has 1 aromatic heterocycles.